The Kier molecular flexibility index (Phi) is 2.81. The van der Waals surface area contributed by atoms with Crippen LogP contribution in [0.25, 0.3) is 0 Å². The molecule has 1 aromatic rings. The second-order valence-corrected chi connectivity index (χ2v) is 5.60. The van der Waals surface area contributed by atoms with Gasteiger partial charge in [-0.3, -0.25) is 9.59 Å². The summed E-state index contributed by atoms with van der Waals surface area (Å²) < 4.78 is 0. The van der Waals surface area contributed by atoms with E-state index in [2.05, 4.69) is 10.6 Å². The Hall–Kier alpha value is -1.84. The first kappa shape index (κ1) is 12.2. The van der Waals surface area contributed by atoms with E-state index in [4.69, 9.17) is 0 Å². The van der Waals surface area contributed by atoms with Crippen LogP contribution in [-0.2, 0) is 9.59 Å². The van der Waals surface area contributed by atoms with Crippen molar-refractivity contribution in [2.24, 2.45) is 5.41 Å². The third-order valence-corrected chi connectivity index (χ3v) is 3.93. The number of hydrogen-bond acceptors (Lipinski definition) is 2. The zero-order valence-corrected chi connectivity index (χ0v) is 11.0. The van der Waals surface area contributed by atoms with Gasteiger partial charge in [-0.05, 0) is 44.2 Å². The summed E-state index contributed by atoms with van der Waals surface area (Å²) in [5.41, 5.74) is 0.984. The summed E-state index contributed by atoms with van der Waals surface area (Å²) in [5.74, 6) is -0.263. The average Bonchev–Trinajstić information content (AvgIpc) is 3.25. The summed E-state index contributed by atoms with van der Waals surface area (Å²) in [6.45, 7) is 1.94. The predicted molar refractivity (Wildman–Crippen MR) is 72.6 cm³/mol. The largest absolute Gasteiger partial charge is 0.352 e. The highest BCUT2D eigenvalue weighted by Crippen LogP contribution is 2.47. The fourth-order valence-corrected chi connectivity index (χ4v) is 2.19. The molecular formula is C15H18N2O2. The molecule has 0 aromatic heterocycles. The molecule has 0 spiro atoms. The van der Waals surface area contributed by atoms with Crippen molar-refractivity contribution in [2.75, 3.05) is 5.32 Å². The SMILES string of the molecule is Cc1ccccc1NC(=O)C1(C(=O)NC2CC2)CC1. The molecule has 0 unspecified atom stereocenters. The van der Waals surface area contributed by atoms with E-state index in [1.165, 1.54) is 0 Å². The molecule has 3 rings (SSSR count). The van der Waals surface area contributed by atoms with Gasteiger partial charge in [0.25, 0.3) is 0 Å². The van der Waals surface area contributed by atoms with Crippen LogP contribution in [0, 0.1) is 12.3 Å². The van der Waals surface area contributed by atoms with Gasteiger partial charge in [-0.25, -0.2) is 0 Å². The van der Waals surface area contributed by atoms with Crippen LogP contribution in [0.5, 0.6) is 0 Å². The minimum absolute atomic E-state index is 0.0962. The summed E-state index contributed by atoms with van der Waals surface area (Å²) in [7, 11) is 0. The van der Waals surface area contributed by atoms with Crippen molar-refractivity contribution >= 4 is 17.5 Å². The van der Waals surface area contributed by atoms with E-state index in [1.54, 1.807) is 0 Å². The van der Waals surface area contributed by atoms with Crippen molar-refractivity contribution in [3.63, 3.8) is 0 Å². The lowest BCUT2D eigenvalue weighted by molar-refractivity contribution is -0.134. The number of nitrogens with one attached hydrogen (secondary N) is 2. The van der Waals surface area contributed by atoms with Crippen LogP contribution in [0.15, 0.2) is 24.3 Å². The van der Waals surface area contributed by atoms with E-state index in [9.17, 15) is 9.59 Å². The van der Waals surface area contributed by atoms with Gasteiger partial charge in [-0.15, -0.1) is 0 Å². The molecule has 2 amide bonds. The van der Waals surface area contributed by atoms with Crippen LogP contribution in [0.4, 0.5) is 5.69 Å². The summed E-state index contributed by atoms with van der Waals surface area (Å²) in [5, 5.41) is 5.83. The molecule has 1 aromatic carbocycles. The van der Waals surface area contributed by atoms with Gasteiger partial charge < -0.3 is 10.6 Å². The average molecular weight is 258 g/mol. The second-order valence-electron chi connectivity index (χ2n) is 5.60. The molecule has 0 aliphatic heterocycles. The number of rotatable bonds is 4. The van der Waals surface area contributed by atoms with Gasteiger partial charge in [0.15, 0.2) is 0 Å². The van der Waals surface area contributed by atoms with Crippen LogP contribution in [-0.4, -0.2) is 17.9 Å². The first-order chi connectivity index (χ1) is 9.12. The number of anilines is 1. The van der Waals surface area contributed by atoms with Crippen LogP contribution in [0.3, 0.4) is 0 Å². The van der Waals surface area contributed by atoms with Crippen LogP contribution < -0.4 is 10.6 Å². The minimum Gasteiger partial charge on any atom is -0.352 e. The first-order valence-electron chi connectivity index (χ1n) is 6.80. The maximum atomic E-state index is 12.3. The quantitative estimate of drug-likeness (QED) is 0.811. The van der Waals surface area contributed by atoms with Gasteiger partial charge in [0.2, 0.25) is 11.8 Å². The van der Waals surface area contributed by atoms with E-state index in [-0.39, 0.29) is 11.8 Å². The number of carbonyl (C=O) groups is 2. The third-order valence-electron chi connectivity index (χ3n) is 3.93. The van der Waals surface area contributed by atoms with E-state index in [0.29, 0.717) is 18.9 Å². The Balaban J connectivity index is 1.69. The topological polar surface area (TPSA) is 58.2 Å². The maximum absolute atomic E-state index is 12.3. The molecule has 0 saturated heterocycles. The molecule has 0 bridgehead atoms. The molecule has 0 atom stereocenters. The number of hydrogen-bond donors (Lipinski definition) is 2. The normalized spacial score (nSPS) is 19.6. The van der Waals surface area contributed by atoms with Gasteiger partial charge in [0.1, 0.15) is 5.41 Å². The summed E-state index contributed by atoms with van der Waals surface area (Å²) in [6.07, 6.45) is 3.40. The Bertz CT molecular complexity index is 531. The van der Waals surface area contributed by atoms with Gasteiger partial charge in [-0.1, -0.05) is 18.2 Å². The van der Waals surface area contributed by atoms with Gasteiger partial charge in [-0.2, -0.15) is 0 Å². The molecule has 2 aliphatic rings. The van der Waals surface area contributed by atoms with Crippen molar-refractivity contribution in [2.45, 2.75) is 38.6 Å². The van der Waals surface area contributed by atoms with Gasteiger partial charge in [0.05, 0.1) is 0 Å². The Labute approximate surface area is 112 Å². The molecular weight excluding hydrogens is 240 g/mol. The maximum Gasteiger partial charge on any atom is 0.240 e. The first-order valence-corrected chi connectivity index (χ1v) is 6.80. The molecule has 4 heteroatoms. The molecule has 0 radical (unpaired) electrons. The molecule has 19 heavy (non-hydrogen) atoms. The lowest BCUT2D eigenvalue weighted by atomic mass is 10.0. The number of para-hydroxylation sites is 1. The highest BCUT2D eigenvalue weighted by molar-refractivity contribution is 6.13. The third kappa shape index (κ3) is 2.35. The molecule has 0 heterocycles. The monoisotopic (exact) mass is 258 g/mol. The number of amides is 2. The number of benzene rings is 1. The molecule has 100 valence electrons. The van der Waals surface area contributed by atoms with Crippen molar-refractivity contribution < 1.29 is 9.59 Å². The predicted octanol–water partition coefficient (Wildman–Crippen LogP) is 1.99. The Morgan fingerprint density at radius 1 is 1.16 bits per heavy atom. The van der Waals surface area contributed by atoms with Gasteiger partial charge in [0, 0.05) is 11.7 Å². The molecule has 2 aliphatic carbocycles. The highest BCUT2D eigenvalue weighted by Gasteiger charge is 2.57. The summed E-state index contributed by atoms with van der Waals surface area (Å²) in [6, 6.07) is 7.92. The van der Waals surface area contributed by atoms with E-state index >= 15 is 0 Å². The summed E-state index contributed by atoms with van der Waals surface area (Å²) >= 11 is 0. The smallest absolute Gasteiger partial charge is 0.240 e. The van der Waals surface area contributed by atoms with Crippen LogP contribution >= 0.6 is 0 Å². The lowest BCUT2D eigenvalue weighted by Crippen LogP contribution is -2.40. The zero-order chi connectivity index (χ0) is 13.5. The number of aryl methyl sites for hydroxylation is 1. The highest BCUT2D eigenvalue weighted by atomic mass is 16.2. The van der Waals surface area contributed by atoms with E-state index in [0.717, 1.165) is 24.1 Å². The fourth-order valence-electron chi connectivity index (χ4n) is 2.19. The second kappa shape index (κ2) is 4.37. The van der Waals surface area contributed by atoms with Crippen molar-refractivity contribution in [1.29, 1.82) is 0 Å². The molecule has 4 nitrogen and oxygen atoms in total. The Morgan fingerprint density at radius 3 is 2.42 bits per heavy atom. The van der Waals surface area contributed by atoms with Crippen molar-refractivity contribution in [1.82, 2.24) is 5.32 Å². The molecule has 2 saturated carbocycles. The van der Waals surface area contributed by atoms with Crippen LogP contribution in [0.1, 0.15) is 31.2 Å². The molecule has 2 N–H and O–H groups in total. The van der Waals surface area contributed by atoms with Crippen molar-refractivity contribution in [3.8, 4) is 0 Å². The Morgan fingerprint density at radius 2 is 1.84 bits per heavy atom. The van der Waals surface area contributed by atoms with Gasteiger partial charge >= 0.3 is 0 Å². The summed E-state index contributed by atoms with van der Waals surface area (Å²) in [4.78, 5) is 24.4. The standard InChI is InChI=1S/C15H18N2O2/c1-10-4-2-3-5-12(10)17-14(19)15(8-9-15)13(18)16-11-6-7-11/h2-5,11H,6-9H2,1H3,(H,16,18)(H,17,19). The van der Waals surface area contributed by atoms with E-state index < -0.39 is 5.41 Å². The van der Waals surface area contributed by atoms with E-state index in [1.807, 2.05) is 31.2 Å². The van der Waals surface area contributed by atoms with Crippen molar-refractivity contribution in [3.05, 3.63) is 29.8 Å². The zero-order valence-electron chi connectivity index (χ0n) is 11.0. The molecule has 2 fully saturated rings. The fraction of sp³-hybridized carbons (Fsp3) is 0.467. The lowest BCUT2D eigenvalue weighted by Gasteiger charge is -2.16. The minimum atomic E-state index is -0.815. The number of carbonyl (C=O) groups excluding carboxylic acids is 2. The van der Waals surface area contributed by atoms with Crippen LogP contribution in [0.2, 0.25) is 0 Å².